The van der Waals surface area contributed by atoms with Crippen LogP contribution >= 0.6 is 31.9 Å². The zero-order chi connectivity index (χ0) is 10.0. The van der Waals surface area contributed by atoms with Crippen LogP contribution in [0.15, 0.2) is 21.1 Å². The van der Waals surface area contributed by atoms with Crippen molar-refractivity contribution in [2.45, 2.75) is 6.61 Å². The van der Waals surface area contributed by atoms with Gasteiger partial charge in [-0.25, -0.2) is 0 Å². The second-order valence-electron chi connectivity index (χ2n) is 2.16. The van der Waals surface area contributed by atoms with Gasteiger partial charge in [0.15, 0.2) is 0 Å². The Hall–Kier alpha value is -0.360. The molecule has 1 aromatic carbocycles. The van der Waals surface area contributed by atoms with E-state index in [0.29, 0.717) is 14.6 Å². The van der Waals surface area contributed by atoms with Crippen LogP contribution in [0.4, 0.5) is 14.5 Å². The van der Waals surface area contributed by atoms with Crippen LogP contribution in [0.2, 0.25) is 0 Å². The van der Waals surface area contributed by atoms with Crippen LogP contribution in [-0.4, -0.2) is 6.61 Å². The summed E-state index contributed by atoms with van der Waals surface area (Å²) >= 11 is 6.20. The average Bonchev–Trinajstić information content (AvgIpc) is 2.06. The Balaban J connectivity index is 3.04. The van der Waals surface area contributed by atoms with Crippen LogP contribution in [0.1, 0.15) is 0 Å². The van der Waals surface area contributed by atoms with Crippen molar-refractivity contribution in [3.63, 3.8) is 0 Å². The van der Waals surface area contributed by atoms with Crippen LogP contribution in [0, 0.1) is 0 Å². The van der Waals surface area contributed by atoms with Gasteiger partial charge in [-0.2, -0.15) is 8.78 Å². The number of nitrogen functional groups attached to an aromatic ring is 1. The molecular formula is C7H5Br2F2NO. The maximum atomic E-state index is 11.8. The summed E-state index contributed by atoms with van der Waals surface area (Å²) in [5, 5.41) is 0. The Kier molecular flexibility index (Phi) is 3.49. The molecule has 0 amide bonds. The Labute approximate surface area is 90.3 Å². The summed E-state index contributed by atoms with van der Waals surface area (Å²) in [4.78, 5) is 0. The van der Waals surface area contributed by atoms with E-state index >= 15 is 0 Å². The topological polar surface area (TPSA) is 35.2 Å². The predicted octanol–water partition coefficient (Wildman–Crippen LogP) is 3.40. The quantitative estimate of drug-likeness (QED) is 0.849. The summed E-state index contributed by atoms with van der Waals surface area (Å²) in [5.74, 6) is 0.0519. The number of ether oxygens (including phenoxy) is 1. The predicted molar refractivity (Wildman–Crippen MR) is 52.9 cm³/mol. The van der Waals surface area contributed by atoms with Gasteiger partial charge in [-0.05, 0) is 44.0 Å². The smallest absolute Gasteiger partial charge is 0.387 e. The molecule has 0 unspecified atom stereocenters. The van der Waals surface area contributed by atoms with Gasteiger partial charge in [-0.3, -0.25) is 0 Å². The number of nitrogens with two attached hydrogens (primary N) is 1. The average molecular weight is 317 g/mol. The molecule has 13 heavy (non-hydrogen) atoms. The Morgan fingerprint density at radius 1 is 1.23 bits per heavy atom. The highest BCUT2D eigenvalue weighted by Gasteiger charge is 2.11. The van der Waals surface area contributed by atoms with Crippen LogP contribution < -0.4 is 10.5 Å². The van der Waals surface area contributed by atoms with Crippen molar-refractivity contribution in [1.82, 2.24) is 0 Å². The van der Waals surface area contributed by atoms with Crippen molar-refractivity contribution in [2.24, 2.45) is 0 Å². The Morgan fingerprint density at radius 2 is 1.85 bits per heavy atom. The van der Waals surface area contributed by atoms with Gasteiger partial charge in [0.05, 0.1) is 8.95 Å². The van der Waals surface area contributed by atoms with Crippen molar-refractivity contribution in [3.05, 3.63) is 21.1 Å². The van der Waals surface area contributed by atoms with Crippen molar-refractivity contribution in [3.8, 4) is 5.75 Å². The zero-order valence-corrected chi connectivity index (χ0v) is 9.40. The van der Waals surface area contributed by atoms with Gasteiger partial charge in [0.25, 0.3) is 0 Å². The number of alkyl halides is 2. The van der Waals surface area contributed by atoms with E-state index in [0.717, 1.165) is 0 Å². The second kappa shape index (κ2) is 4.23. The lowest BCUT2D eigenvalue weighted by molar-refractivity contribution is -0.0503. The number of rotatable bonds is 2. The molecule has 0 aliphatic heterocycles. The van der Waals surface area contributed by atoms with E-state index in [2.05, 4.69) is 36.6 Å². The van der Waals surface area contributed by atoms with Crippen LogP contribution in [0.25, 0.3) is 0 Å². The van der Waals surface area contributed by atoms with Crippen molar-refractivity contribution >= 4 is 37.5 Å². The van der Waals surface area contributed by atoms with E-state index in [1.54, 1.807) is 0 Å². The summed E-state index contributed by atoms with van der Waals surface area (Å²) in [6, 6.07) is 2.85. The highest BCUT2D eigenvalue weighted by atomic mass is 79.9. The summed E-state index contributed by atoms with van der Waals surface area (Å²) in [5.41, 5.74) is 5.95. The van der Waals surface area contributed by atoms with Crippen LogP contribution in [0.3, 0.4) is 0 Å². The number of hydrogen-bond acceptors (Lipinski definition) is 2. The molecule has 72 valence electrons. The first-order valence-corrected chi connectivity index (χ1v) is 4.79. The first-order valence-electron chi connectivity index (χ1n) is 3.20. The van der Waals surface area contributed by atoms with Gasteiger partial charge in [0.1, 0.15) is 5.75 Å². The minimum absolute atomic E-state index is 0.0519. The lowest BCUT2D eigenvalue weighted by atomic mass is 10.3. The molecule has 0 bridgehead atoms. The number of benzene rings is 1. The van der Waals surface area contributed by atoms with E-state index in [1.807, 2.05) is 0 Å². The number of hydrogen-bond donors (Lipinski definition) is 1. The lowest BCUT2D eigenvalue weighted by Gasteiger charge is -2.08. The van der Waals surface area contributed by atoms with E-state index in [4.69, 9.17) is 5.73 Å². The van der Waals surface area contributed by atoms with Gasteiger partial charge in [0.2, 0.25) is 0 Å². The largest absolute Gasteiger partial charge is 0.434 e. The van der Waals surface area contributed by atoms with Crippen LogP contribution in [0.5, 0.6) is 5.75 Å². The third-order valence-electron chi connectivity index (χ3n) is 1.29. The fourth-order valence-electron chi connectivity index (χ4n) is 0.734. The van der Waals surface area contributed by atoms with Gasteiger partial charge in [0, 0.05) is 5.69 Å². The fourth-order valence-corrected chi connectivity index (χ4v) is 1.52. The number of anilines is 1. The lowest BCUT2D eigenvalue weighted by Crippen LogP contribution is -2.03. The molecule has 6 heteroatoms. The van der Waals surface area contributed by atoms with E-state index < -0.39 is 6.61 Å². The summed E-state index contributed by atoms with van der Waals surface area (Å²) in [7, 11) is 0. The molecule has 0 aliphatic carbocycles. The summed E-state index contributed by atoms with van der Waals surface area (Å²) in [6.07, 6.45) is 0. The molecule has 0 heterocycles. The molecular weight excluding hydrogens is 312 g/mol. The van der Waals surface area contributed by atoms with E-state index in [1.165, 1.54) is 12.1 Å². The maximum Gasteiger partial charge on any atom is 0.387 e. The van der Waals surface area contributed by atoms with Gasteiger partial charge in [-0.1, -0.05) is 0 Å². The molecule has 1 rings (SSSR count). The van der Waals surface area contributed by atoms with Crippen molar-refractivity contribution in [2.75, 3.05) is 5.73 Å². The van der Waals surface area contributed by atoms with Gasteiger partial charge in [-0.15, -0.1) is 0 Å². The molecule has 0 aliphatic rings. The summed E-state index contributed by atoms with van der Waals surface area (Å²) < 4.78 is 28.8. The molecule has 0 saturated heterocycles. The molecule has 1 aromatic rings. The van der Waals surface area contributed by atoms with Gasteiger partial charge < -0.3 is 10.5 Å². The standard InChI is InChI=1S/C7H5Br2F2NO/c8-5-3(12)1-2-4(6(5)9)13-7(10)11/h1-2,7H,12H2. The Morgan fingerprint density at radius 3 is 2.38 bits per heavy atom. The number of halogens is 4. The van der Waals surface area contributed by atoms with Crippen LogP contribution in [-0.2, 0) is 0 Å². The normalized spacial score (nSPS) is 10.5. The van der Waals surface area contributed by atoms with E-state index in [-0.39, 0.29) is 5.75 Å². The summed E-state index contributed by atoms with van der Waals surface area (Å²) in [6.45, 7) is -2.84. The third kappa shape index (κ3) is 2.54. The van der Waals surface area contributed by atoms with E-state index in [9.17, 15) is 8.78 Å². The first kappa shape index (κ1) is 10.7. The van der Waals surface area contributed by atoms with Crippen molar-refractivity contribution in [1.29, 1.82) is 0 Å². The molecule has 2 nitrogen and oxygen atoms in total. The second-order valence-corrected chi connectivity index (χ2v) is 3.75. The molecule has 0 saturated carbocycles. The molecule has 0 radical (unpaired) electrons. The SMILES string of the molecule is Nc1ccc(OC(F)F)c(Br)c1Br. The molecule has 0 fully saturated rings. The zero-order valence-electron chi connectivity index (χ0n) is 6.23. The first-order chi connectivity index (χ1) is 6.02. The Bertz CT molecular complexity index is 320. The third-order valence-corrected chi connectivity index (χ3v) is 3.47. The van der Waals surface area contributed by atoms with Gasteiger partial charge >= 0.3 is 6.61 Å². The molecule has 0 atom stereocenters. The fraction of sp³-hybridized carbons (Fsp3) is 0.143. The molecule has 0 spiro atoms. The molecule has 2 N–H and O–H groups in total. The van der Waals surface area contributed by atoms with Crippen molar-refractivity contribution < 1.29 is 13.5 Å². The molecule has 0 aromatic heterocycles. The highest BCUT2D eigenvalue weighted by molar-refractivity contribution is 9.13. The minimum atomic E-state index is -2.84. The monoisotopic (exact) mass is 315 g/mol. The maximum absolute atomic E-state index is 11.8. The highest BCUT2D eigenvalue weighted by Crippen LogP contribution is 2.37. The minimum Gasteiger partial charge on any atom is -0.434 e.